The van der Waals surface area contributed by atoms with Gasteiger partial charge in [-0.1, -0.05) is 23.7 Å². The van der Waals surface area contributed by atoms with Gasteiger partial charge in [-0.05, 0) is 57.2 Å². The van der Waals surface area contributed by atoms with Crippen LogP contribution in [0.15, 0.2) is 29.3 Å². The standard InChI is InChI=1S/C15H22ClN3/c1-15(2,3)19-14(17)18-13-8-11(9-13)10-5-4-6-12(16)7-10/h4-7,11,13H,8-9H2,1-3H3,(H3,17,18,19). The van der Waals surface area contributed by atoms with E-state index in [9.17, 15) is 0 Å². The molecule has 1 aliphatic rings. The van der Waals surface area contributed by atoms with Crippen LogP contribution in [-0.4, -0.2) is 17.5 Å². The van der Waals surface area contributed by atoms with Crippen LogP contribution in [0.5, 0.6) is 0 Å². The second kappa shape index (κ2) is 5.41. The molecule has 1 fully saturated rings. The predicted octanol–water partition coefficient (Wildman–Crippen LogP) is 3.29. The van der Waals surface area contributed by atoms with Crippen LogP contribution < -0.4 is 11.1 Å². The molecule has 0 atom stereocenters. The number of benzene rings is 1. The van der Waals surface area contributed by atoms with Gasteiger partial charge < -0.3 is 11.1 Å². The molecule has 3 nitrogen and oxygen atoms in total. The maximum Gasteiger partial charge on any atom is 0.189 e. The SMILES string of the molecule is CC(C)(C)NC(N)=NC1CC(c2cccc(Cl)c2)C1. The molecular weight excluding hydrogens is 258 g/mol. The highest BCUT2D eigenvalue weighted by Gasteiger charge is 2.30. The summed E-state index contributed by atoms with van der Waals surface area (Å²) in [6, 6.07) is 8.42. The molecule has 1 aromatic carbocycles. The Morgan fingerprint density at radius 3 is 2.63 bits per heavy atom. The van der Waals surface area contributed by atoms with Gasteiger partial charge in [-0.2, -0.15) is 0 Å². The third-order valence-electron chi connectivity index (χ3n) is 3.26. The van der Waals surface area contributed by atoms with E-state index in [1.807, 2.05) is 18.2 Å². The van der Waals surface area contributed by atoms with Crippen LogP contribution in [0.25, 0.3) is 0 Å². The average molecular weight is 280 g/mol. The Balaban J connectivity index is 1.88. The van der Waals surface area contributed by atoms with E-state index in [0.29, 0.717) is 17.9 Å². The molecule has 0 aromatic heterocycles. The Morgan fingerprint density at radius 2 is 2.05 bits per heavy atom. The molecule has 1 saturated carbocycles. The van der Waals surface area contributed by atoms with E-state index < -0.39 is 0 Å². The number of aliphatic imine (C=N–C) groups is 1. The lowest BCUT2D eigenvalue weighted by Crippen LogP contribution is -2.46. The van der Waals surface area contributed by atoms with E-state index in [1.165, 1.54) is 5.56 Å². The minimum Gasteiger partial charge on any atom is -0.370 e. The van der Waals surface area contributed by atoms with Crippen molar-refractivity contribution >= 4 is 17.6 Å². The summed E-state index contributed by atoms with van der Waals surface area (Å²) in [5, 5.41) is 3.99. The Labute approximate surface area is 120 Å². The highest BCUT2D eigenvalue weighted by Crippen LogP contribution is 2.39. The van der Waals surface area contributed by atoms with Crippen LogP contribution in [-0.2, 0) is 0 Å². The minimum atomic E-state index is -0.0380. The Morgan fingerprint density at radius 1 is 1.37 bits per heavy atom. The molecular formula is C15H22ClN3. The van der Waals surface area contributed by atoms with Gasteiger partial charge in [0.1, 0.15) is 0 Å². The highest BCUT2D eigenvalue weighted by atomic mass is 35.5. The van der Waals surface area contributed by atoms with Crippen LogP contribution >= 0.6 is 11.6 Å². The normalized spacial score (nSPS) is 23.9. The smallest absolute Gasteiger partial charge is 0.189 e. The Kier molecular flexibility index (Phi) is 4.04. The quantitative estimate of drug-likeness (QED) is 0.645. The zero-order valence-electron chi connectivity index (χ0n) is 11.8. The lowest BCUT2D eigenvalue weighted by Gasteiger charge is -2.34. The van der Waals surface area contributed by atoms with Crippen molar-refractivity contribution in [2.75, 3.05) is 0 Å². The number of guanidine groups is 1. The van der Waals surface area contributed by atoms with Crippen LogP contribution in [0.1, 0.15) is 45.1 Å². The molecule has 2 rings (SSSR count). The highest BCUT2D eigenvalue weighted by molar-refractivity contribution is 6.30. The van der Waals surface area contributed by atoms with Crippen molar-refractivity contribution < 1.29 is 0 Å². The first-order valence-electron chi connectivity index (χ1n) is 6.70. The lowest BCUT2D eigenvalue weighted by atomic mass is 9.76. The summed E-state index contributed by atoms with van der Waals surface area (Å²) in [7, 11) is 0. The maximum atomic E-state index is 6.01. The molecule has 19 heavy (non-hydrogen) atoms. The molecule has 0 amide bonds. The maximum absolute atomic E-state index is 6.01. The molecule has 3 N–H and O–H groups in total. The molecule has 0 bridgehead atoms. The summed E-state index contributed by atoms with van der Waals surface area (Å²) < 4.78 is 0. The number of nitrogens with one attached hydrogen (secondary N) is 1. The molecule has 4 heteroatoms. The Bertz CT molecular complexity index is 471. The fourth-order valence-electron chi connectivity index (χ4n) is 2.34. The van der Waals surface area contributed by atoms with E-state index >= 15 is 0 Å². The van der Waals surface area contributed by atoms with E-state index in [1.54, 1.807) is 0 Å². The fourth-order valence-corrected chi connectivity index (χ4v) is 2.54. The first kappa shape index (κ1) is 14.2. The van der Waals surface area contributed by atoms with Gasteiger partial charge in [0.25, 0.3) is 0 Å². The van der Waals surface area contributed by atoms with E-state index in [0.717, 1.165) is 17.9 Å². The van der Waals surface area contributed by atoms with Crippen molar-refractivity contribution in [1.29, 1.82) is 0 Å². The summed E-state index contributed by atoms with van der Waals surface area (Å²) in [6.07, 6.45) is 2.10. The largest absolute Gasteiger partial charge is 0.370 e. The molecule has 1 aromatic rings. The third kappa shape index (κ3) is 4.13. The second-order valence-corrected chi connectivity index (χ2v) is 6.70. The van der Waals surface area contributed by atoms with Gasteiger partial charge in [-0.15, -0.1) is 0 Å². The van der Waals surface area contributed by atoms with Gasteiger partial charge >= 0.3 is 0 Å². The molecule has 1 aliphatic carbocycles. The molecule has 0 radical (unpaired) electrons. The number of rotatable bonds is 2. The molecule has 0 heterocycles. The topological polar surface area (TPSA) is 50.4 Å². The summed E-state index contributed by atoms with van der Waals surface area (Å²) in [5.74, 6) is 1.11. The van der Waals surface area contributed by atoms with Crippen molar-refractivity contribution in [3.05, 3.63) is 34.9 Å². The van der Waals surface area contributed by atoms with Crippen molar-refractivity contribution in [2.24, 2.45) is 10.7 Å². The second-order valence-electron chi connectivity index (χ2n) is 6.27. The van der Waals surface area contributed by atoms with Gasteiger partial charge in [-0.3, -0.25) is 4.99 Å². The number of hydrogen-bond donors (Lipinski definition) is 2. The molecule has 0 spiro atoms. The van der Waals surface area contributed by atoms with E-state index in [4.69, 9.17) is 17.3 Å². The number of halogens is 1. The monoisotopic (exact) mass is 279 g/mol. The lowest BCUT2D eigenvalue weighted by molar-refractivity contribution is 0.351. The van der Waals surface area contributed by atoms with Crippen LogP contribution in [0.2, 0.25) is 5.02 Å². The average Bonchev–Trinajstić information content (AvgIpc) is 2.20. The van der Waals surface area contributed by atoms with Gasteiger partial charge in [0.15, 0.2) is 5.96 Å². The van der Waals surface area contributed by atoms with E-state index in [2.05, 4.69) is 37.1 Å². The Hall–Kier alpha value is -1.22. The fraction of sp³-hybridized carbons (Fsp3) is 0.533. The minimum absolute atomic E-state index is 0.0380. The molecule has 104 valence electrons. The van der Waals surface area contributed by atoms with Gasteiger partial charge in [0, 0.05) is 10.6 Å². The first-order chi connectivity index (χ1) is 8.83. The van der Waals surface area contributed by atoms with Gasteiger partial charge in [-0.25, -0.2) is 0 Å². The number of nitrogens with zero attached hydrogens (tertiary/aromatic N) is 1. The number of nitrogens with two attached hydrogens (primary N) is 1. The van der Waals surface area contributed by atoms with Gasteiger partial charge in [0.05, 0.1) is 6.04 Å². The first-order valence-corrected chi connectivity index (χ1v) is 7.08. The van der Waals surface area contributed by atoms with Crippen molar-refractivity contribution in [2.45, 2.75) is 51.1 Å². The zero-order valence-corrected chi connectivity index (χ0v) is 12.5. The summed E-state index contributed by atoms with van der Waals surface area (Å²) >= 11 is 6.01. The predicted molar refractivity (Wildman–Crippen MR) is 81.7 cm³/mol. The van der Waals surface area contributed by atoms with Gasteiger partial charge in [0.2, 0.25) is 0 Å². The van der Waals surface area contributed by atoms with Crippen molar-refractivity contribution in [1.82, 2.24) is 5.32 Å². The summed E-state index contributed by atoms with van der Waals surface area (Å²) in [6.45, 7) is 6.22. The van der Waals surface area contributed by atoms with Crippen LogP contribution in [0, 0.1) is 0 Å². The molecule has 0 saturated heterocycles. The third-order valence-corrected chi connectivity index (χ3v) is 3.49. The van der Waals surface area contributed by atoms with E-state index in [-0.39, 0.29) is 5.54 Å². The number of hydrogen-bond acceptors (Lipinski definition) is 1. The van der Waals surface area contributed by atoms with Crippen LogP contribution in [0.3, 0.4) is 0 Å². The van der Waals surface area contributed by atoms with Crippen LogP contribution in [0.4, 0.5) is 0 Å². The molecule has 0 unspecified atom stereocenters. The summed E-state index contributed by atoms with van der Waals surface area (Å²) in [4.78, 5) is 4.52. The summed E-state index contributed by atoms with van der Waals surface area (Å²) in [5.41, 5.74) is 7.16. The zero-order chi connectivity index (χ0) is 14.0. The van der Waals surface area contributed by atoms with Crippen molar-refractivity contribution in [3.63, 3.8) is 0 Å². The molecule has 0 aliphatic heterocycles. The van der Waals surface area contributed by atoms with Crippen molar-refractivity contribution in [3.8, 4) is 0 Å².